The Morgan fingerprint density at radius 2 is 1.89 bits per heavy atom. The Balaban J connectivity index is 1.23. The van der Waals surface area contributed by atoms with Crippen LogP contribution in [0.25, 0.3) is 0 Å². The molecule has 3 N–H and O–H groups in total. The second-order valence-corrected chi connectivity index (χ2v) is 8.64. The summed E-state index contributed by atoms with van der Waals surface area (Å²) in [5.74, 6) is 1.36. The van der Waals surface area contributed by atoms with Gasteiger partial charge in [0.25, 0.3) is 0 Å². The third-order valence-electron chi connectivity index (χ3n) is 6.44. The fraction of sp³-hybridized carbons (Fsp3) is 0.500. The van der Waals surface area contributed by atoms with Crippen molar-refractivity contribution in [3.63, 3.8) is 0 Å². The minimum absolute atomic E-state index is 0.393. The predicted molar refractivity (Wildman–Crippen MR) is 116 cm³/mol. The molecule has 2 heterocycles. The lowest BCUT2D eigenvalue weighted by atomic mass is 9.92. The number of hydrogen-bond donors (Lipinski definition) is 3. The number of rotatable bonds is 7. The molecule has 150 valence electrons. The first kappa shape index (κ1) is 19.6. The van der Waals surface area contributed by atoms with Gasteiger partial charge in [-0.15, -0.1) is 0 Å². The first-order valence-electron chi connectivity index (χ1n) is 10.7. The van der Waals surface area contributed by atoms with Crippen LogP contribution in [0.2, 0.25) is 0 Å². The molecule has 0 bridgehead atoms. The zero-order valence-electron chi connectivity index (χ0n) is 17.2. The SMILES string of the molecule is Cc1ccc(C2NNCC2CNCC2CCN(Cc3ccccc3)C2)cc1C. The Hall–Kier alpha value is -1.72. The normalized spacial score (nSPS) is 25.4. The van der Waals surface area contributed by atoms with Gasteiger partial charge in [-0.2, -0.15) is 0 Å². The van der Waals surface area contributed by atoms with Crippen molar-refractivity contribution in [2.45, 2.75) is 32.9 Å². The van der Waals surface area contributed by atoms with Gasteiger partial charge in [0.1, 0.15) is 0 Å². The molecular formula is C24H34N4. The van der Waals surface area contributed by atoms with Crippen molar-refractivity contribution < 1.29 is 0 Å². The second-order valence-electron chi connectivity index (χ2n) is 8.64. The van der Waals surface area contributed by atoms with Crippen molar-refractivity contribution >= 4 is 0 Å². The second kappa shape index (κ2) is 9.19. The number of hydrogen-bond acceptors (Lipinski definition) is 4. The molecule has 3 unspecified atom stereocenters. The van der Waals surface area contributed by atoms with Crippen molar-refractivity contribution in [2.24, 2.45) is 11.8 Å². The molecule has 0 aromatic heterocycles. The van der Waals surface area contributed by atoms with Gasteiger partial charge in [0, 0.05) is 32.1 Å². The van der Waals surface area contributed by atoms with E-state index in [0.29, 0.717) is 12.0 Å². The maximum Gasteiger partial charge on any atom is 0.0515 e. The quantitative estimate of drug-likeness (QED) is 0.692. The van der Waals surface area contributed by atoms with E-state index in [0.717, 1.165) is 32.1 Å². The molecule has 2 aromatic carbocycles. The van der Waals surface area contributed by atoms with Crippen molar-refractivity contribution in [1.29, 1.82) is 0 Å². The van der Waals surface area contributed by atoms with E-state index in [9.17, 15) is 0 Å². The fourth-order valence-electron chi connectivity index (χ4n) is 4.58. The first-order chi connectivity index (χ1) is 13.7. The van der Waals surface area contributed by atoms with Crippen LogP contribution in [0, 0.1) is 25.7 Å². The van der Waals surface area contributed by atoms with Gasteiger partial charge in [0.15, 0.2) is 0 Å². The van der Waals surface area contributed by atoms with Crippen molar-refractivity contribution in [2.75, 3.05) is 32.7 Å². The molecule has 2 fully saturated rings. The largest absolute Gasteiger partial charge is 0.316 e. The Kier molecular flexibility index (Phi) is 6.43. The summed E-state index contributed by atoms with van der Waals surface area (Å²) in [5, 5.41) is 3.77. The average molecular weight is 379 g/mol. The average Bonchev–Trinajstić information content (AvgIpc) is 3.35. The van der Waals surface area contributed by atoms with E-state index in [4.69, 9.17) is 0 Å². The van der Waals surface area contributed by atoms with Crippen LogP contribution in [-0.2, 0) is 6.54 Å². The summed E-state index contributed by atoms with van der Waals surface area (Å²) >= 11 is 0. The highest BCUT2D eigenvalue weighted by molar-refractivity contribution is 5.32. The smallest absolute Gasteiger partial charge is 0.0515 e. The minimum atomic E-state index is 0.393. The van der Waals surface area contributed by atoms with Crippen LogP contribution in [0.5, 0.6) is 0 Å². The lowest BCUT2D eigenvalue weighted by Crippen LogP contribution is -2.32. The van der Waals surface area contributed by atoms with Gasteiger partial charge < -0.3 is 5.32 Å². The highest BCUT2D eigenvalue weighted by atomic mass is 15.4. The van der Waals surface area contributed by atoms with Gasteiger partial charge in [0.05, 0.1) is 6.04 Å². The summed E-state index contributed by atoms with van der Waals surface area (Å²) in [7, 11) is 0. The topological polar surface area (TPSA) is 39.3 Å². The number of aryl methyl sites for hydroxylation is 2. The van der Waals surface area contributed by atoms with Crippen LogP contribution in [0.15, 0.2) is 48.5 Å². The predicted octanol–water partition coefficient (Wildman–Crippen LogP) is 3.18. The molecule has 2 aliphatic heterocycles. The van der Waals surface area contributed by atoms with Crippen LogP contribution >= 0.6 is 0 Å². The summed E-state index contributed by atoms with van der Waals surface area (Å²) in [6, 6.07) is 18.1. The van der Waals surface area contributed by atoms with E-state index in [1.807, 2.05) is 0 Å². The van der Waals surface area contributed by atoms with E-state index in [-0.39, 0.29) is 0 Å². The van der Waals surface area contributed by atoms with Crippen molar-refractivity contribution in [1.82, 2.24) is 21.1 Å². The Morgan fingerprint density at radius 3 is 2.71 bits per heavy atom. The van der Waals surface area contributed by atoms with Crippen LogP contribution in [0.3, 0.4) is 0 Å². The minimum Gasteiger partial charge on any atom is -0.316 e. The van der Waals surface area contributed by atoms with E-state index in [1.54, 1.807) is 0 Å². The summed E-state index contributed by atoms with van der Waals surface area (Å²) in [4.78, 5) is 2.60. The van der Waals surface area contributed by atoms with Gasteiger partial charge in [-0.05, 0) is 61.5 Å². The zero-order chi connectivity index (χ0) is 19.3. The molecule has 4 rings (SSSR count). The van der Waals surface area contributed by atoms with Gasteiger partial charge in [-0.3, -0.25) is 10.3 Å². The van der Waals surface area contributed by atoms with Crippen molar-refractivity contribution in [3.05, 3.63) is 70.8 Å². The molecular weight excluding hydrogens is 344 g/mol. The van der Waals surface area contributed by atoms with E-state index in [2.05, 4.69) is 83.4 Å². The van der Waals surface area contributed by atoms with E-state index >= 15 is 0 Å². The van der Waals surface area contributed by atoms with E-state index < -0.39 is 0 Å². The maximum atomic E-state index is 3.77. The molecule has 0 amide bonds. The Bertz CT molecular complexity index is 760. The first-order valence-corrected chi connectivity index (χ1v) is 10.7. The molecule has 2 aromatic rings. The molecule has 0 radical (unpaired) electrons. The maximum absolute atomic E-state index is 3.77. The van der Waals surface area contributed by atoms with Crippen molar-refractivity contribution in [3.8, 4) is 0 Å². The molecule has 4 nitrogen and oxygen atoms in total. The lowest BCUT2D eigenvalue weighted by molar-refractivity contribution is 0.312. The van der Waals surface area contributed by atoms with Gasteiger partial charge in [0.2, 0.25) is 0 Å². The molecule has 28 heavy (non-hydrogen) atoms. The molecule has 0 aliphatic carbocycles. The third kappa shape index (κ3) is 4.81. The summed E-state index contributed by atoms with van der Waals surface area (Å²) in [6.45, 7) is 11.1. The third-order valence-corrected chi connectivity index (χ3v) is 6.44. The van der Waals surface area contributed by atoms with Crippen LogP contribution in [-0.4, -0.2) is 37.6 Å². The Labute approximate surface area is 169 Å². The number of benzene rings is 2. The summed E-state index contributed by atoms with van der Waals surface area (Å²) in [5.41, 5.74) is 12.4. The molecule has 2 saturated heterocycles. The highest BCUT2D eigenvalue weighted by Gasteiger charge is 2.29. The number of nitrogens with one attached hydrogen (secondary N) is 3. The van der Waals surface area contributed by atoms with Gasteiger partial charge in [-0.1, -0.05) is 48.5 Å². The number of hydrazine groups is 1. The Morgan fingerprint density at radius 1 is 1.04 bits per heavy atom. The standard InChI is InChI=1S/C24H34N4/c1-18-8-9-22(12-19(18)2)24-23(15-26-27-24)14-25-13-21-10-11-28(17-21)16-20-6-4-3-5-7-20/h3-9,12,21,23-27H,10-11,13-17H2,1-2H3. The molecule has 0 saturated carbocycles. The van der Waals surface area contributed by atoms with Crippen LogP contribution < -0.4 is 16.2 Å². The molecule has 2 aliphatic rings. The lowest BCUT2D eigenvalue weighted by Gasteiger charge is -2.21. The fourth-order valence-corrected chi connectivity index (χ4v) is 4.58. The molecule has 0 spiro atoms. The summed E-state index contributed by atoms with van der Waals surface area (Å²) < 4.78 is 0. The van der Waals surface area contributed by atoms with Crippen LogP contribution in [0.4, 0.5) is 0 Å². The number of likely N-dealkylation sites (tertiary alicyclic amines) is 1. The van der Waals surface area contributed by atoms with Crippen LogP contribution in [0.1, 0.15) is 34.7 Å². The molecule has 4 heteroatoms. The van der Waals surface area contributed by atoms with E-state index in [1.165, 1.54) is 41.8 Å². The highest BCUT2D eigenvalue weighted by Crippen LogP contribution is 2.26. The number of nitrogens with zero attached hydrogens (tertiary/aromatic N) is 1. The zero-order valence-corrected chi connectivity index (χ0v) is 17.2. The molecule has 3 atom stereocenters. The van der Waals surface area contributed by atoms with Gasteiger partial charge >= 0.3 is 0 Å². The monoisotopic (exact) mass is 378 g/mol. The summed E-state index contributed by atoms with van der Waals surface area (Å²) in [6.07, 6.45) is 1.31. The van der Waals surface area contributed by atoms with Gasteiger partial charge in [-0.25, -0.2) is 5.43 Å².